The second-order valence-electron chi connectivity index (χ2n) is 2.64. The second kappa shape index (κ2) is 5.37. The van der Waals surface area contributed by atoms with Gasteiger partial charge in [0.05, 0.1) is 0 Å². The Bertz CT molecular complexity index is 262. The highest BCUT2D eigenvalue weighted by Gasteiger charge is 2.02. The van der Waals surface area contributed by atoms with Crippen molar-refractivity contribution < 1.29 is 9.53 Å². The highest BCUT2D eigenvalue weighted by atomic mass is 16.5. The van der Waals surface area contributed by atoms with Crippen LogP contribution in [0.1, 0.15) is 12.2 Å². The molecule has 0 aliphatic heterocycles. The van der Waals surface area contributed by atoms with Gasteiger partial charge in [-0.05, 0) is 6.07 Å². The molecule has 1 aromatic rings. The lowest BCUT2D eigenvalue weighted by molar-refractivity contribution is -0.122. The molecule has 0 aliphatic rings. The predicted octanol–water partition coefficient (Wildman–Crippen LogP) is 0.625. The first-order valence-electron chi connectivity index (χ1n) is 4.09. The summed E-state index contributed by atoms with van der Waals surface area (Å²) in [7, 11) is 1.51. The molecule has 4 heteroatoms. The van der Waals surface area contributed by atoms with E-state index >= 15 is 0 Å². The minimum atomic E-state index is 0.0787. The molecule has 0 saturated heterocycles. The third-order valence-electron chi connectivity index (χ3n) is 1.55. The molecular formula is C9H12N2O2. The van der Waals surface area contributed by atoms with Crippen LogP contribution in [0.3, 0.4) is 0 Å². The average molecular weight is 180 g/mol. The number of rotatable bonds is 5. The normalized spacial score (nSPS) is 9.92. The van der Waals surface area contributed by atoms with E-state index in [4.69, 9.17) is 4.74 Å². The van der Waals surface area contributed by atoms with Gasteiger partial charge in [-0.2, -0.15) is 0 Å². The highest BCUT2D eigenvalue weighted by Crippen LogP contribution is 1.95. The van der Waals surface area contributed by atoms with Crippen molar-refractivity contribution in [3.8, 4) is 0 Å². The van der Waals surface area contributed by atoms with E-state index < -0.39 is 0 Å². The van der Waals surface area contributed by atoms with Gasteiger partial charge in [-0.15, -0.1) is 0 Å². The van der Waals surface area contributed by atoms with Crippen LogP contribution < -0.4 is 0 Å². The van der Waals surface area contributed by atoms with Crippen molar-refractivity contribution in [1.82, 2.24) is 9.97 Å². The summed E-state index contributed by atoms with van der Waals surface area (Å²) in [5, 5.41) is 0. The van der Waals surface area contributed by atoms with E-state index in [1.807, 2.05) is 0 Å². The van der Waals surface area contributed by atoms with Crippen molar-refractivity contribution in [3.63, 3.8) is 0 Å². The quantitative estimate of drug-likeness (QED) is 0.666. The molecule has 0 spiro atoms. The molecule has 1 aromatic heterocycles. The van der Waals surface area contributed by atoms with Crippen LogP contribution in [0.4, 0.5) is 0 Å². The van der Waals surface area contributed by atoms with Crippen molar-refractivity contribution in [2.24, 2.45) is 0 Å². The van der Waals surface area contributed by atoms with Crippen molar-refractivity contribution >= 4 is 5.78 Å². The topological polar surface area (TPSA) is 52.1 Å². The van der Waals surface area contributed by atoms with Crippen LogP contribution in [-0.2, 0) is 16.0 Å². The van der Waals surface area contributed by atoms with Crippen molar-refractivity contribution in [2.45, 2.75) is 12.8 Å². The lowest BCUT2D eigenvalue weighted by Crippen LogP contribution is -2.08. The molecule has 0 amide bonds. The van der Waals surface area contributed by atoms with Gasteiger partial charge in [0.1, 0.15) is 12.4 Å². The number of hydrogen-bond acceptors (Lipinski definition) is 4. The molecule has 0 radical (unpaired) electrons. The first-order valence-corrected chi connectivity index (χ1v) is 4.09. The largest absolute Gasteiger partial charge is 0.377 e. The number of aromatic nitrogens is 2. The molecule has 0 unspecified atom stereocenters. The summed E-state index contributed by atoms with van der Waals surface area (Å²) in [4.78, 5) is 19.0. The summed E-state index contributed by atoms with van der Waals surface area (Å²) < 4.78 is 4.70. The Kier molecular flexibility index (Phi) is 4.05. The number of aryl methyl sites for hydroxylation is 1. The monoisotopic (exact) mass is 180 g/mol. The van der Waals surface area contributed by atoms with Crippen molar-refractivity contribution in [2.75, 3.05) is 13.7 Å². The van der Waals surface area contributed by atoms with Gasteiger partial charge in [-0.3, -0.25) is 4.79 Å². The Labute approximate surface area is 77.0 Å². The van der Waals surface area contributed by atoms with E-state index in [9.17, 15) is 4.79 Å². The molecule has 0 aromatic carbocycles. The van der Waals surface area contributed by atoms with Crippen LogP contribution in [0, 0.1) is 0 Å². The maximum atomic E-state index is 11.0. The number of carbonyl (C=O) groups excluding carboxylic acids is 1. The minimum Gasteiger partial charge on any atom is -0.377 e. The molecule has 1 rings (SSSR count). The number of hydrogen-bond donors (Lipinski definition) is 0. The van der Waals surface area contributed by atoms with Crippen LogP contribution in [0.15, 0.2) is 18.5 Å². The fourth-order valence-corrected chi connectivity index (χ4v) is 0.943. The Morgan fingerprint density at radius 3 is 2.77 bits per heavy atom. The SMILES string of the molecule is COCC(=O)CCc1ncccn1. The van der Waals surface area contributed by atoms with E-state index in [-0.39, 0.29) is 12.4 Å². The summed E-state index contributed by atoms with van der Waals surface area (Å²) in [6.07, 6.45) is 4.37. The molecule has 0 bridgehead atoms. The zero-order valence-corrected chi connectivity index (χ0v) is 7.56. The van der Waals surface area contributed by atoms with E-state index in [0.717, 1.165) is 0 Å². The first kappa shape index (κ1) is 9.80. The van der Waals surface area contributed by atoms with Gasteiger partial charge in [-0.1, -0.05) is 0 Å². The molecule has 70 valence electrons. The van der Waals surface area contributed by atoms with Gasteiger partial charge in [0.25, 0.3) is 0 Å². The molecule has 1 heterocycles. The lowest BCUT2D eigenvalue weighted by Gasteiger charge is -1.98. The third-order valence-corrected chi connectivity index (χ3v) is 1.55. The van der Waals surface area contributed by atoms with Crippen molar-refractivity contribution in [1.29, 1.82) is 0 Å². The second-order valence-corrected chi connectivity index (χ2v) is 2.64. The first-order chi connectivity index (χ1) is 6.33. The van der Waals surface area contributed by atoms with E-state index in [1.165, 1.54) is 7.11 Å². The van der Waals surface area contributed by atoms with Gasteiger partial charge >= 0.3 is 0 Å². The van der Waals surface area contributed by atoms with Crippen molar-refractivity contribution in [3.05, 3.63) is 24.3 Å². The number of ether oxygens (including phenoxy) is 1. The molecular weight excluding hydrogens is 168 g/mol. The zero-order valence-electron chi connectivity index (χ0n) is 7.56. The fourth-order valence-electron chi connectivity index (χ4n) is 0.943. The van der Waals surface area contributed by atoms with Crippen LogP contribution in [0.2, 0.25) is 0 Å². The number of ketones is 1. The Balaban J connectivity index is 2.31. The molecule has 0 aliphatic carbocycles. The minimum absolute atomic E-state index is 0.0787. The fraction of sp³-hybridized carbons (Fsp3) is 0.444. The summed E-state index contributed by atoms with van der Waals surface area (Å²) in [6, 6.07) is 1.75. The van der Waals surface area contributed by atoms with Gasteiger partial charge in [0.2, 0.25) is 0 Å². The Morgan fingerprint density at radius 1 is 1.46 bits per heavy atom. The van der Waals surface area contributed by atoms with Gasteiger partial charge < -0.3 is 4.74 Å². The molecule has 4 nitrogen and oxygen atoms in total. The van der Waals surface area contributed by atoms with E-state index in [1.54, 1.807) is 18.5 Å². The highest BCUT2D eigenvalue weighted by molar-refractivity contribution is 5.79. The molecule has 13 heavy (non-hydrogen) atoms. The van der Waals surface area contributed by atoms with Crippen LogP contribution in [0.5, 0.6) is 0 Å². The molecule has 0 N–H and O–H groups in total. The molecule has 0 fully saturated rings. The van der Waals surface area contributed by atoms with Crippen LogP contribution in [-0.4, -0.2) is 29.5 Å². The zero-order chi connectivity index (χ0) is 9.52. The number of methoxy groups -OCH3 is 1. The summed E-state index contributed by atoms with van der Waals surface area (Å²) in [5.41, 5.74) is 0. The Hall–Kier alpha value is -1.29. The summed E-state index contributed by atoms with van der Waals surface area (Å²) in [5.74, 6) is 0.780. The number of Topliss-reactive ketones (excluding diaryl/α,β-unsaturated/α-hetero) is 1. The summed E-state index contributed by atoms with van der Waals surface area (Å²) >= 11 is 0. The van der Waals surface area contributed by atoms with Gasteiger partial charge in [0, 0.05) is 32.3 Å². The standard InChI is InChI=1S/C9H12N2O2/c1-13-7-8(12)3-4-9-10-5-2-6-11-9/h2,5-6H,3-4,7H2,1H3. The molecule has 0 saturated carbocycles. The molecule has 0 atom stereocenters. The Morgan fingerprint density at radius 2 is 2.15 bits per heavy atom. The van der Waals surface area contributed by atoms with Crippen LogP contribution in [0.25, 0.3) is 0 Å². The van der Waals surface area contributed by atoms with Gasteiger partial charge in [-0.25, -0.2) is 9.97 Å². The smallest absolute Gasteiger partial charge is 0.158 e. The number of carbonyl (C=O) groups is 1. The van der Waals surface area contributed by atoms with Crippen LogP contribution >= 0.6 is 0 Å². The average Bonchev–Trinajstić information content (AvgIpc) is 2.17. The van der Waals surface area contributed by atoms with E-state index in [0.29, 0.717) is 18.7 Å². The van der Waals surface area contributed by atoms with Gasteiger partial charge in [0.15, 0.2) is 5.78 Å². The summed E-state index contributed by atoms with van der Waals surface area (Å²) in [6.45, 7) is 0.173. The third kappa shape index (κ3) is 3.75. The maximum Gasteiger partial charge on any atom is 0.158 e. The lowest BCUT2D eigenvalue weighted by atomic mass is 10.2. The maximum absolute atomic E-state index is 11.0. The predicted molar refractivity (Wildman–Crippen MR) is 47.2 cm³/mol. The van der Waals surface area contributed by atoms with E-state index in [2.05, 4.69) is 9.97 Å². The number of nitrogens with zero attached hydrogens (tertiary/aromatic N) is 2.